The van der Waals surface area contributed by atoms with Gasteiger partial charge in [-0.2, -0.15) is 11.8 Å². The molecule has 0 aromatic heterocycles. The third kappa shape index (κ3) is 5.60. The van der Waals surface area contributed by atoms with Gasteiger partial charge in [-0.3, -0.25) is 4.90 Å². The Kier molecular flexibility index (Phi) is 8.27. The fraction of sp³-hybridized carbons (Fsp3) is 1.00. The minimum Gasteiger partial charge on any atom is -0.383 e. The van der Waals surface area contributed by atoms with Crippen LogP contribution in [0.4, 0.5) is 0 Å². The van der Waals surface area contributed by atoms with Crippen molar-refractivity contribution in [1.29, 1.82) is 0 Å². The summed E-state index contributed by atoms with van der Waals surface area (Å²) in [6, 6.07) is 0.543. The van der Waals surface area contributed by atoms with Gasteiger partial charge in [0, 0.05) is 43.8 Å². The molecule has 4 heteroatoms. The quantitative estimate of drug-likeness (QED) is 0.673. The third-order valence-corrected chi connectivity index (χ3v) is 4.68. The third-order valence-electron chi connectivity index (χ3n) is 3.31. The van der Waals surface area contributed by atoms with Crippen molar-refractivity contribution in [1.82, 2.24) is 10.2 Å². The lowest BCUT2D eigenvalue weighted by atomic mass is 10.2. The monoisotopic (exact) mass is 260 g/mol. The van der Waals surface area contributed by atoms with Crippen molar-refractivity contribution in [2.24, 2.45) is 0 Å². The maximum absolute atomic E-state index is 5.37. The zero-order valence-electron chi connectivity index (χ0n) is 11.6. The van der Waals surface area contributed by atoms with Crippen molar-refractivity contribution in [3.63, 3.8) is 0 Å². The summed E-state index contributed by atoms with van der Waals surface area (Å²) in [5.41, 5.74) is 0. The van der Waals surface area contributed by atoms with Crippen LogP contribution >= 0.6 is 11.8 Å². The summed E-state index contributed by atoms with van der Waals surface area (Å²) in [4.78, 5) is 2.61. The van der Waals surface area contributed by atoms with Crippen LogP contribution < -0.4 is 5.32 Å². The highest BCUT2D eigenvalue weighted by Crippen LogP contribution is 2.22. The van der Waals surface area contributed by atoms with Gasteiger partial charge in [-0.15, -0.1) is 0 Å². The number of methoxy groups -OCH3 is 1. The molecule has 0 amide bonds. The maximum Gasteiger partial charge on any atom is 0.0630 e. The van der Waals surface area contributed by atoms with E-state index in [0.29, 0.717) is 6.04 Å². The number of hydrogen-bond acceptors (Lipinski definition) is 4. The Morgan fingerprint density at radius 3 is 2.94 bits per heavy atom. The summed E-state index contributed by atoms with van der Waals surface area (Å²) in [6.07, 6.45) is 2.48. The topological polar surface area (TPSA) is 24.5 Å². The van der Waals surface area contributed by atoms with Gasteiger partial charge in [-0.1, -0.05) is 13.8 Å². The summed E-state index contributed by atoms with van der Waals surface area (Å²) in [6.45, 7) is 9.96. The van der Waals surface area contributed by atoms with Crippen molar-refractivity contribution < 1.29 is 4.74 Å². The van der Waals surface area contributed by atoms with Crippen LogP contribution in [0.2, 0.25) is 0 Å². The maximum atomic E-state index is 5.37. The van der Waals surface area contributed by atoms with Gasteiger partial charge in [-0.25, -0.2) is 0 Å². The molecule has 1 aliphatic heterocycles. The van der Waals surface area contributed by atoms with Gasteiger partial charge >= 0.3 is 0 Å². The van der Waals surface area contributed by atoms with E-state index in [1.54, 1.807) is 0 Å². The molecule has 0 saturated carbocycles. The van der Waals surface area contributed by atoms with E-state index in [1.807, 2.05) is 7.11 Å². The zero-order chi connectivity index (χ0) is 12.5. The van der Waals surface area contributed by atoms with Crippen molar-refractivity contribution in [2.75, 3.05) is 45.6 Å². The van der Waals surface area contributed by atoms with Crippen LogP contribution in [-0.4, -0.2) is 61.8 Å². The van der Waals surface area contributed by atoms with E-state index in [0.717, 1.165) is 24.9 Å². The minimum absolute atomic E-state index is 0.543. The Balaban J connectivity index is 2.38. The highest BCUT2D eigenvalue weighted by Gasteiger charge is 2.24. The van der Waals surface area contributed by atoms with Crippen LogP contribution in [-0.2, 0) is 4.74 Å². The molecule has 2 atom stereocenters. The van der Waals surface area contributed by atoms with E-state index < -0.39 is 0 Å². The Bertz CT molecular complexity index is 192. The molecule has 1 fully saturated rings. The number of thioether (sulfide) groups is 1. The molecule has 3 nitrogen and oxygen atoms in total. The Morgan fingerprint density at radius 2 is 2.29 bits per heavy atom. The van der Waals surface area contributed by atoms with Crippen LogP contribution in [0.5, 0.6) is 0 Å². The van der Waals surface area contributed by atoms with Crippen LogP contribution in [0.15, 0.2) is 0 Å². The van der Waals surface area contributed by atoms with Crippen molar-refractivity contribution in [3.8, 4) is 0 Å². The first kappa shape index (κ1) is 15.3. The summed E-state index contributed by atoms with van der Waals surface area (Å²) < 4.78 is 5.37. The largest absolute Gasteiger partial charge is 0.383 e. The number of nitrogens with one attached hydrogen (secondary N) is 1. The van der Waals surface area contributed by atoms with Gasteiger partial charge < -0.3 is 10.1 Å². The molecule has 0 bridgehead atoms. The van der Waals surface area contributed by atoms with Gasteiger partial charge in [0.25, 0.3) is 0 Å². The summed E-state index contributed by atoms with van der Waals surface area (Å²) in [5, 5.41) is 4.34. The molecule has 0 aromatic carbocycles. The molecule has 0 spiro atoms. The fourth-order valence-electron chi connectivity index (χ4n) is 2.25. The van der Waals surface area contributed by atoms with Crippen LogP contribution in [0.1, 0.15) is 26.7 Å². The predicted molar refractivity (Wildman–Crippen MR) is 76.9 cm³/mol. The Labute approximate surface area is 111 Å². The Hall–Kier alpha value is 0.230. The number of nitrogens with zero attached hydrogens (tertiary/aromatic N) is 1. The first-order chi connectivity index (χ1) is 8.31. The lowest BCUT2D eigenvalue weighted by molar-refractivity contribution is 0.0910. The molecule has 1 N–H and O–H groups in total. The summed E-state index contributed by atoms with van der Waals surface area (Å²) in [5.74, 6) is 1.27. The standard InChI is InChI=1S/C13H28N2OS/c1-4-6-14-9-12(11-16-3)15-7-8-17-13(5-2)10-15/h12-14H,4-11H2,1-3H3. The van der Waals surface area contributed by atoms with E-state index in [4.69, 9.17) is 4.74 Å². The number of ether oxygens (including phenoxy) is 1. The van der Waals surface area contributed by atoms with Gasteiger partial charge in [0.15, 0.2) is 0 Å². The zero-order valence-corrected chi connectivity index (χ0v) is 12.4. The van der Waals surface area contributed by atoms with E-state index in [-0.39, 0.29) is 0 Å². The minimum atomic E-state index is 0.543. The van der Waals surface area contributed by atoms with Gasteiger partial charge in [-0.05, 0) is 19.4 Å². The van der Waals surface area contributed by atoms with Gasteiger partial charge in [0.1, 0.15) is 0 Å². The van der Waals surface area contributed by atoms with E-state index >= 15 is 0 Å². The molecule has 0 radical (unpaired) electrons. The van der Waals surface area contributed by atoms with E-state index in [2.05, 4.69) is 35.8 Å². The molecule has 1 rings (SSSR count). The second-order valence-corrected chi connectivity index (χ2v) is 6.12. The van der Waals surface area contributed by atoms with Crippen molar-refractivity contribution in [2.45, 2.75) is 38.0 Å². The molecule has 0 aliphatic carbocycles. The van der Waals surface area contributed by atoms with E-state index in [1.165, 1.54) is 31.7 Å². The highest BCUT2D eigenvalue weighted by atomic mass is 32.2. The van der Waals surface area contributed by atoms with Crippen molar-refractivity contribution >= 4 is 11.8 Å². The first-order valence-corrected chi connectivity index (χ1v) is 7.92. The number of rotatable bonds is 8. The second-order valence-electron chi connectivity index (χ2n) is 4.71. The molecule has 1 saturated heterocycles. The molecular formula is C13H28N2OS. The average Bonchev–Trinajstić information content (AvgIpc) is 2.38. The Morgan fingerprint density at radius 1 is 1.47 bits per heavy atom. The molecule has 102 valence electrons. The lowest BCUT2D eigenvalue weighted by Gasteiger charge is -2.37. The fourth-order valence-corrected chi connectivity index (χ4v) is 3.46. The second kappa shape index (κ2) is 9.20. The summed E-state index contributed by atoms with van der Waals surface area (Å²) in [7, 11) is 1.81. The first-order valence-electron chi connectivity index (χ1n) is 6.87. The van der Waals surface area contributed by atoms with Gasteiger partial charge in [0.05, 0.1) is 6.61 Å². The molecule has 1 heterocycles. The highest BCUT2D eigenvalue weighted by molar-refractivity contribution is 8.00. The number of hydrogen-bond donors (Lipinski definition) is 1. The lowest BCUT2D eigenvalue weighted by Crippen LogP contribution is -2.50. The predicted octanol–water partition coefficient (Wildman–Crippen LogP) is 1.83. The average molecular weight is 260 g/mol. The smallest absolute Gasteiger partial charge is 0.0630 e. The molecular weight excluding hydrogens is 232 g/mol. The molecule has 1 aliphatic rings. The van der Waals surface area contributed by atoms with Crippen LogP contribution in [0.25, 0.3) is 0 Å². The SMILES string of the molecule is CCCNCC(COC)N1CCSC(CC)C1. The van der Waals surface area contributed by atoms with Crippen molar-refractivity contribution in [3.05, 3.63) is 0 Å². The van der Waals surface area contributed by atoms with Crippen LogP contribution in [0.3, 0.4) is 0 Å². The summed E-state index contributed by atoms with van der Waals surface area (Å²) >= 11 is 2.13. The molecule has 2 unspecified atom stereocenters. The normalized spacial score (nSPS) is 23.8. The molecule has 17 heavy (non-hydrogen) atoms. The van der Waals surface area contributed by atoms with E-state index in [9.17, 15) is 0 Å². The van der Waals surface area contributed by atoms with Gasteiger partial charge in [0.2, 0.25) is 0 Å². The van der Waals surface area contributed by atoms with Crippen LogP contribution in [0, 0.1) is 0 Å². The molecule has 0 aromatic rings.